The number of hydrogen-bond donors (Lipinski definition) is 0. The molecule has 1 aliphatic heterocycles. The first kappa shape index (κ1) is 17.1. The Kier molecular flexibility index (Phi) is 4.19. The van der Waals surface area contributed by atoms with Crippen LogP contribution in [0, 0.1) is 0 Å². The maximum absolute atomic E-state index is 12.8. The average molecular weight is 378 g/mol. The van der Waals surface area contributed by atoms with E-state index in [4.69, 9.17) is 8.83 Å². The van der Waals surface area contributed by atoms with E-state index in [1.54, 1.807) is 17.2 Å². The third-order valence-corrected chi connectivity index (χ3v) is 5.90. The number of carbonyl (C=O) groups excluding carboxylic acids is 2. The van der Waals surface area contributed by atoms with Crippen molar-refractivity contribution in [3.63, 3.8) is 0 Å². The van der Waals surface area contributed by atoms with Gasteiger partial charge in [-0.3, -0.25) is 9.59 Å². The van der Waals surface area contributed by atoms with Crippen molar-refractivity contribution >= 4 is 22.8 Å². The Morgan fingerprint density at radius 3 is 2.46 bits per heavy atom. The molecule has 0 bridgehead atoms. The van der Waals surface area contributed by atoms with Gasteiger partial charge >= 0.3 is 0 Å². The van der Waals surface area contributed by atoms with Crippen LogP contribution in [-0.2, 0) is 24.1 Å². The molecule has 2 amide bonds. The Morgan fingerprint density at radius 1 is 0.964 bits per heavy atom. The molecule has 0 saturated carbocycles. The molecular formula is C22H22N2O4. The SMILES string of the molecule is O=C(Cc1coc2cc3c(cc12)CCC3)N1CCN(C(=O)c2ccoc2)CC1. The summed E-state index contributed by atoms with van der Waals surface area (Å²) in [6, 6.07) is 6.00. The minimum atomic E-state index is -0.0458. The molecule has 0 radical (unpaired) electrons. The van der Waals surface area contributed by atoms with Crippen LogP contribution in [0.5, 0.6) is 0 Å². The molecule has 3 heterocycles. The summed E-state index contributed by atoms with van der Waals surface area (Å²) in [5, 5.41) is 1.06. The Morgan fingerprint density at radius 2 is 1.71 bits per heavy atom. The van der Waals surface area contributed by atoms with Crippen LogP contribution in [0.4, 0.5) is 0 Å². The largest absolute Gasteiger partial charge is 0.472 e. The molecule has 144 valence electrons. The van der Waals surface area contributed by atoms with E-state index in [2.05, 4.69) is 12.1 Å². The van der Waals surface area contributed by atoms with E-state index < -0.39 is 0 Å². The summed E-state index contributed by atoms with van der Waals surface area (Å²) in [5.41, 5.74) is 5.13. The van der Waals surface area contributed by atoms with Crippen molar-refractivity contribution in [3.8, 4) is 0 Å². The lowest BCUT2D eigenvalue weighted by Crippen LogP contribution is -2.50. The second-order valence-electron chi connectivity index (χ2n) is 7.59. The molecule has 1 saturated heterocycles. The normalized spacial score (nSPS) is 16.6. The number of hydrogen-bond acceptors (Lipinski definition) is 4. The second-order valence-corrected chi connectivity index (χ2v) is 7.59. The van der Waals surface area contributed by atoms with Gasteiger partial charge in [0.1, 0.15) is 11.8 Å². The minimum Gasteiger partial charge on any atom is -0.472 e. The Hall–Kier alpha value is -3.02. The van der Waals surface area contributed by atoms with E-state index in [-0.39, 0.29) is 11.8 Å². The summed E-state index contributed by atoms with van der Waals surface area (Å²) in [5.74, 6) is 0.0362. The van der Waals surface area contributed by atoms with E-state index in [9.17, 15) is 9.59 Å². The lowest BCUT2D eigenvalue weighted by Gasteiger charge is -2.34. The van der Waals surface area contributed by atoms with Gasteiger partial charge in [-0.05, 0) is 48.6 Å². The number of nitrogens with zero attached hydrogens (tertiary/aromatic N) is 2. The van der Waals surface area contributed by atoms with Gasteiger partial charge in [0, 0.05) is 37.1 Å². The molecule has 0 atom stereocenters. The number of amides is 2. The Labute approximate surface area is 162 Å². The van der Waals surface area contributed by atoms with Crippen molar-refractivity contribution in [2.45, 2.75) is 25.7 Å². The highest BCUT2D eigenvalue weighted by Crippen LogP contribution is 2.30. The molecule has 0 spiro atoms. The fourth-order valence-corrected chi connectivity index (χ4v) is 4.29. The van der Waals surface area contributed by atoms with Crippen molar-refractivity contribution < 1.29 is 18.4 Å². The zero-order valence-electron chi connectivity index (χ0n) is 15.6. The highest BCUT2D eigenvalue weighted by Gasteiger charge is 2.26. The molecule has 0 N–H and O–H groups in total. The van der Waals surface area contributed by atoms with Gasteiger partial charge in [0.05, 0.1) is 24.5 Å². The number of piperazine rings is 1. The molecule has 1 aromatic carbocycles. The smallest absolute Gasteiger partial charge is 0.257 e. The number of furan rings is 2. The standard InChI is InChI=1S/C22H22N2O4/c25-21(23-5-7-24(8-6-23)22(26)17-4-9-27-13-17)12-18-14-28-20-11-16-3-1-2-15(16)10-19(18)20/h4,9-11,13-14H,1-3,5-8,12H2. The van der Waals surface area contributed by atoms with Crippen LogP contribution in [0.15, 0.2) is 45.8 Å². The van der Waals surface area contributed by atoms with Crippen LogP contribution in [0.2, 0.25) is 0 Å². The highest BCUT2D eigenvalue weighted by atomic mass is 16.3. The van der Waals surface area contributed by atoms with Gasteiger partial charge in [0.25, 0.3) is 5.91 Å². The first-order valence-electron chi connectivity index (χ1n) is 9.80. The number of aryl methyl sites for hydroxylation is 2. The summed E-state index contributed by atoms with van der Waals surface area (Å²) in [7, 11) is 0. The summed E-state index contributed by atoms with van der Waals surface area (Å²) in [6.07, 6.45) is 8.42. The molecule has 1 aliphatic carbocycles. The van der Waals surface area contributed by atoms with Crippen LogP contribution in [0.3, 0.4) is 0 Å². The zero-order chi connectivity index (χ0) is 19.1. The molecule has 5 rings (SSSR count). The lowest BCUT2D eigenvalue weighted by molar-refractivity contribution is -0.131. The van der Waals surface area contributed by atoms with Gasteiger partial charge in [-0.2, -0.15) is 0 Å². The fraction of sp³-hybridized carbons (Fsp3) is 0.364. The first-order chi connectivity index (χ1) is 13.7. The van der Waals surface area contributed by atoms with Crippen LogP contribution in [-0.4, -0.2) is 47.8 Å². The van der Waals surface area contributed by atoms with E-state index in [0.717, 1.165) is 29.4 Å². The van der Waals surface area contributed by atoms with Crippen molar-refractivity contribution in [1.29, 1.82) is 0 Å². The topological polar surface area (TPSA) is 66.9 Å². The maximum Gasteiger partial charge on any atom is 0.257 e. The van der Waals surface area contributed by atoms with Gasteiger partial charge in [-0.1, -0.05) is 0 Å². The fourth-order valence-electron chi connectivity index (χ4n) is 4.29. The maximum atomic E-state index is 12.8. The van der Waals surface area contributed by atoms with E-state index >= 15 is 0 Å². The number of carbonyl (C=O) groups is 2. The molecule has 6 nitrogen and oxygen atoms in total. The molecule has 0 unspecified atom stereocenters. The second kappa shape index (κ2) is 6.86. The lowest BCUT2D eigenvalue weighted by atomic mass is 10.0. The van der Waals surface area contributed by atoms with Crippen LogP contribution in [0.25, 0.3) is 11.0 Å². The predicted molar refractivity (Wildman–Crippen MR) is 103 cm³/mol. The van der Waals surface area contributed by atoms with E-state index in [1.165, 1.54) is 30.1 Å². The van der Waals surface area contributed by atoms with Crippen LogP contribution < -0.4 is 0 Å². The Balaban J connectivity index is 1.24. The van der Waals surface area contributed by atoms with Gasteiger partial charge in [-0.15, -0.1) is 0 Å². The third kappa shape index (κ3) is 2.99. The van der Waals surface area contributed by atoms with Gasteiger partial charge in [0.15, 0.2) is 0 Å². The molecule has 1 fully saturated rings. The highest BCUT2D eigenvalue weighted by molar-refractivity contribution is 5.94. The quantitative estimate of drug-likeness (QED) is 0.703. The summed E-state index contributed by atoms with van der Waals surface area (Å²) in [6.45, 7) is 2.17. The number of benzene rings is 1. The summed E-state index contributed by atoms with van der Waals surface area (Å²) >= 11 is 0. The van der Waals surface area contributed by atoms with Crippen LogP contribution >= 0.6 is 0 Å². The molecular weight excluding hydrogens is 356 g/mol. The summed E-state index contributed by atoms with van der Waals surface area (Å²) < 4.78 is 10.7. The van der Waals surface area contributed by atoms with Gasteiger partial charge in [-0.25, -0.2) is 0 Å². The number of fused-ring (bicyclic) bond motifs is 2. The molecule has 28 heavy (non-hydrogen) atoms. The predicted octanol–water partition coefficient (Wildman–Crippen LogP) is 3.04. The van der Waals surface area contributed by atoms with Gasteiger partial charge < -0.3 is 18.6 Å². The summed E-state index contributed by atoms with van der Waals surface area (Å²) in [4.78, 5) is 28.8. The zero-order valence-corrected chi connectivity index (χ0v) is 15.6. The monoisotopic (exact) mass is 378 g/mol. The minimum absolute atomic E-state index is 0.0458. The molecule has 6 heteroatoms. The Bertz CT molecular complexity index is 1030. The van der Waals surface area contributed by atoms with E-state index in [0.29, 0.717) is 38.2 Å². The molecule has 2 aliphatic rings. The van der Waals surface area contributed by atoms with E-state index in [1.807, 2.05) is 4.90 Å². The van der Waals surface area contributed by atoms with Crippen molar-refractivity contribution in [2.24, 2.45) is 0 Å². The number of rotatable bonds is 3. The molecule has 3 aromatic rings. The third-order valence-electron chi connectivity index (χ3n) is 5.90. The van der Waals surface area contributed by atoms with Gasteiger partial charge in [0.2, 0.25) is 5.91 Å². The van der Waals surface area contributed by atoms with Crippen LogP contribution in [0.1, 0.15) is 33.5 Å². The van der Waals surface area contributed by atoms with Crippen molar-refractivity contribution in [1.82, 2.24) is 9.80 Å². The van der Waals surface area contributed by atoms with Crippen molar-refractivity contribution in [3.05, 3.63) is 59.2 Å². The molecule has 2 aromatic heterocycles. The first-order valence-corrected chi connectivity index (χ1v) is 9.80. The average Bonchev–Trinajstić information content (AvgIpc) is 3.47. The van der Waals surface area contributed by atoms with Crippen molar-refractivity contribution in [2.75, 3.05) is 26.2 Å².